The molecule has 12 heteroatoms. The number of hydrogen-bond donors (Lipinski definition) is 2. The lowest BCUT2D eigenvalue weighted by molar-refractivity contribution is -0.161. The fourth-order valence-corrected chi connectivity index (χ4v) is 9.17. The molecule has 0 aliphatic carbocycles. The van der Waals surface area contributed by atoms with Gasteiger partial charge in [-0.1, -0.05) is 244 Å². The second-order valence-electron chi connectivity index (χ2n) is 19.8. The Labute approximate surface area is 429 Å². The Hall–Kier alpha value is -2.04. The van der Waals surface area contributed by atoms with Crippen LogP contribution in [0.5, 0.6) is 0 Å². The van der Waals surface area contributed by atoms with Crippen LogP contribution < -0.4 is 0 Å². The van der Waals surface area contributed by atoms with Gasteiger partial charge in [-0.05, 0) is 51.4 Å². The first-order valence-electron chi connectivity index (χ1n) is 29.2. The number of rotatable bonds is 55. The molecular formula is C58H109O11P. The molecular weight excluding hydrogens is 904 g/mol. The summed E-state index contributed by atoms with van der Waals surface area (Å²) < 4.78 is 39.5. The Bertz CT molecular complexity index is 1270. The first-order valence-corrected chi connectivity index (χ1v) is 30.7. The standard InChI is InChI=1S/C58H109O11P/c1-4-7-10-13-16-19-22-24-26-27-29-30-33-35-38-41-44-47-56(60)65-51-55(69-58(62)49-46-43-40-37-34-31-28-25-23-20-17-14-11-8-5-2)53-67-70(63,64)66-52-54(50-59)68-57(61)48-45-42-39-36-32-21-18-15-12-9-6-3/h17,20,25,28,54-55,59H,4-16,18-19,21-24,26-27,29-53H2,1-3H3,(H,63,64)/b20-17-,28-25-. The third-order valence-corrected chi connectivity index (χ3v) is 13.8. The van der Waals surface area contributed by atoms with Gasteiger partial charge in [0.05, 0.1) is 19.8 Å². The van der Waals surface area contributed by atoms with Crippen LogP contribution in [0.1, 0.15) is 290 Å². The average Bonchev–Trinajstić information content (AvgIpc) is 3.35. The maximum absolute atomic E-state index is 12.9. The molecule has 0 aromatic rings. The van der Waals surface area contributed by atoms with Crippen LogP contribution >= 0.6 is 7.82 Å². The van der Waals surface area contributed by atoms with Crippen LogP contribution in [-0.4, -0.2) is 66.5 Å². The number of carbonyl (C=O) groups excluding carboxylic acids is 3. The number of ether oxygens (including phenoxy) is 3. The van der Waals surface area contributed by atoms with Crippen molar-refractivity contribution in [3.8, 4) is 0 Å². The van der Waals surface area contributed by atoms with Gasteiger partial charge in [-0.25, -0.2) is 4.57 Å². The smallest absolute Gasteiger partial charge is 0.462 e. The Morgan fingerprint density at radius 2 is 0.700 bits per heavy atom. The molecule has 0 radical (unpaired) electrons. The topological polar surface area (TPSA) is 155 Å². The molecule has 0 aliphatic heterocycles. The summed E-state index contributed by atoms with van der Waals surface area (Å²) in [5, 5.41) is 9.79. The minimum absolute atomic E-state index is 0.157. The summed E-state index contributed by atoms with van der Waals surface area (Å²) in [5.74, 6) is -1.46. The quantitative estimate of drug-likeness (QED) is 0.0197. The molecule has 2 N–H and O–H groups in total. The van der Waals surface area contributed by atoms with Gasteiger partial charge in [-0.15, -0.1) is 0 Å². The fraction of sp³-hybridized carbons (Fsp3) is 0.879. The van der Waals surface area contributed by atoms with E-state index in [1.165, 1.54) is 148 Å². The van der Waals surface area contributed by atoms with Gasteiger partial charge >= 0.3 is 25.7 Å². The highest BCUT2D eigenvalue weighted by molar-refractivity contribution is 7.47. The highest BCUT2D eigenvalue weighted by Crippen LogP contribution is 2.43. The Balaban J connectivity index is 4.70. The van der Waals surface area contributed by atoms with Crippen LogP contribution in [0.2, 0.25) is 0 Å². The minimum atomic E-state index is -4.74. The van der Waals surface area contributed by atoms with Gasteiger partial charge in [0.2, 0.25) is 0 Å². The predicted octanol–water partition coefficient (Wildman–Crippen LogP) is 17.0. The first-order chi connectivity index (χ1) is 34.2. The largest absolute Gasteiger partial charge is 0.472 e. The van der Waals surface area contributed by atoms with Gasteiger partial charge < -0.3 is 24.2 Å². The Morgan fingerprint density at radius 1 is 0.400 bits per heavy atom. The van der Waals surface area contributed by atoms with Gasteiger partial charge in [0.1, 0.15) is 12.7 Å². The van der Waals surface area contributed by atoms with Crippen molar-refractivity contribution in [1.82, 2.24) is 0 Å². The second-order valence-corrected chi connectivity index (χ2v) is 21.3. The zero-order chi connectivity index (χ0) is 51.3. The molecule has 3 atom stereocenters. The molecule has 0 spiro atoms. The van der Waals surface area contributed by atoms with Gasteiger partial charge in [0, 0.05) is 19.3 Å². The van der Waals surface area contributed by atoms with E-state index in [1.54, 1.807) is 0 Å². The van der Waals surface area contributed by atoms with E-state index in [4.69, 9.17) is 23.3 Å². The number of carbonyl (C=O) groups is 3. The van der Waals surface area contributed by atoms with Gasteiger partial charge in [-0.3, -0.25) is 23.4 Å². The second kappa shape index (κ2) is 53.3. The molecule has 412 valence electrons. The predicted molar refractivity (Wildman–Crippen MR) is 289 cm³/mol. The molecule has 0 aromatic carbocycles. The number of allylic oxidation sites excluding steroid dienone is 4. The molecule has 11 nitrogen and oxygen atoms in total. The average molecular weight is 1010 g/mol. The van der Waals surface area contributed by atoms with Crippen molar-refractivity contribution in [3.63, 3.8) is 0 Å². The van der Waals surface area contributed by atoms with E-state index >= 15 is 0 Å². The van der Waals surface area contributed by atoms with E-state index in [-0.39, 0.29) is 25.9 Å². The number of phosphoric acid groups is 1. The molecule has 70 heavy (non-hydrogen) atoms. The maximum atomic E-state index is 12.9. The summed E-state index contributed by atoms with van der Waals surface area (Å²) >= 11 is 0. The Morgan fingerprint density at radius 3 is 1.09 bits per heavy atom. The van der Waals surface area contributed by atoms with Gasteiger partial charge in [-0.2, -0.15) is 0 Å². The zero-order valence-electron chi connectivity index (χ0n) is 45.5. The molecule has 0 rings (SSSR count). The lowest BCUT2D eigenvalue weighted by Gasteiger charge is -2.21. The normalized spacial score (nSPS) is 13.5. The molecule has 0 bridgehead atoms. The van der Waals surface area contributed by atoms with Crippen LogP contribution in [0.25, 0.3) is 0 Å². The molecule has 0 saturated carbocycles. The highest BCUT2D eigenvalue weighted by Gasteiger charge is 2.28. The van der Waals surface area contributed by atoms with Crippen LogP contribution in [-0.2, 0) is 42.2 Å². The summed E-state index contributed by atoms with van der Waals surface area (Å²) in [6.45, 7) is 4.64. The van der Waals surface area contributed by atoms with Crippen molar-refractivity contribution >= 4 is 25.7 Å². The van der Waals surface area contributed by atoms with E-state index in [0.717, 1.165) is 83.5 Å². The van der Waals surface area contributed by atoms with Gasteiger partial charge in [0.25, 0.3) is 0 Å². The number of hydrogen-bond acceptors (Lipinski definition) is 10. The van der Waals surface area contributed by atoms with E-state index in [0.29, 0.717) is 19.3 Å². The summed E-state index contributed by atoms with van der Waals surface area (Å²) in [4.78, 5) is 48.5. The van der Waals surface area contributed by atoms with Crippen LogP contribution in [0, 0.1) is 0 Å². The number of unbranched alkanes of at least 4 members (excludes halogenated alkanes) is 34. The molecule has 0 fully saturated rings. The zero-order valence-corrected chi connectivity index (χ0v) is 46.4. The van der Waals surface area contributed by atoms with Crippen LogP contribution in [0.3, 0.4) is 0 Å². The maximum Gasteiger partial charge on any atom is 0.472 e. The molecule has 0 heterocycles. The summed E-state index contributed by atoms with van der Waals surface area (Å²) in [5.41, 5.74) is 0. The number of aliphatic hydroxyl groups excluding tert-OH is 1. The molecule has 0 saturated heterocycles. The van der Waals surface area contributed by atoms with E-state index in [2.05, 4.69) is 45.1 Å². The third kappa shape index (κ3) is 50.9. The van der Waals surface area contributed by atoms with E-state index in [1.807, 2.05) is 0 Å². The van der Waals surface area contributed by atoms with Crippen molar-refractivity contribution in [2.24, 2.45) is 0 Å². The van der Waals surface area contributed by atoms with Crippen molar-refractivity contribution in [1.29, 1.82) is 0 Å². The fourth-order valence-electron chi connectivity index (χ4n) is 8.39. The lowest BCUT2D eigenvalue weighted by Crippen LogP contribution is -2.30. The summed E-state index contributed by atoms with van der Waals surface area (Å²) in [6, 6.07) is 0. The van der Waals surface area contributed by atoms with Crippen molar-refractivity contribution in [2.75, 3.05) is 26.4 Å². The molecule has 0 aromatic heterocycles. The summed E-state index contributed by atoms with van der Waals surface area (Å²) in [7, 11) is -4.74. The first kappa shape index (κ1) is 68.0. The van der Waals surface area contributed by atoms with E-state index < -0.39 is 57.8 Å². The monoisotopic (exact) mass is 1010 g/mol. The minimum Gasteiger partial charge on any atom is -0.462 e. The van der Waals surface area contributed by atoms with Crippen molar-refractivity contribution < 1.29 is 52.2 Å². The Kier molecular flexibility index (Phi) is 51.7. The highest BCUT2D eigenvalue weighted by atomic mass is 31.2. The lowest BCUT2D eigenvalue weighted by atomic mass is 10.0. The van der Waals surface area contributed by atoms with E-state index in [9.17, 15) is 28.9 Å². The summed E-state index contributed by atoms with van der Waals surface area (Å²) in [6.07, 6.45) is 52.8. The number of phosphoric ester groups is 1. The van der Waals surface area contributed by atoms with Gasteiger partial charge in [0.15, 0.2) is 6.10 Å². The van der Waals surface area contributed by atoms with Crippen molar-refractivity contribution in [2.45, 2.75) is 303 Å². The number of aliphatic hydroxyl groups is 1. The van der Waals surface area contributed by atoms with Crippen molar-refractivity contribution in [3.05, 3.63) is 24.3 Å². The SMILES string of the molecule is CCCCC/C=C\C/C=C\CCCCCCCC(=O)OC(COC(=O)CCCCCCCCCCCCCCCCCCC)COP(=O)(O)OCC(CO)OC(=O)CCCCCCCCCCCCC. The molecule has 0 amide bonds. The van der Waals surface area contributed by atoms with Crippen LogP contribution in [0.4, 0.5) is 0 Å². The molecule has 3 unspecified atom stereocenters. The number of esters is 3. The van der Waals surface area contributed by atoms with Crippen LogP contribution in [0.15, 0.2) is 24.3 Å². The molecule has 0 aliphatic rings. The third-order valence-electron chi connectivity index (χ3n) is 12.9.